The standard InChI is InChI=1S/C36H37F3N2O6/c1-4-9-24-21-28-29(36(37,38)39)22-30(42)47-32(28)27(10-5-2)31(24)46-20-19-45-18-17-41-33(43)35(40-34(41)44,25-11-7-6-8-12-25)26-15-13-23(3)14-16-26/h6-8,11-16,21-22H,4-5,9-10,17-20H2,1-3H3,(H,40,44). The second kappa shape index (κ2) is 14.0. The molecule has 1 aliphatic heterocycles. The fraction of sp³-hybridized carbons (Fsp3) is 0.361. The first-order valence-corrected chi connectivity index (χ1v) is 15.7. The van der Waals surface area contributed by atoms with Gasteiger partial charge in [0.2, 0.25) is 0 Å². The average Bonchev–Trinajstić information content (AvgIpc) is 3.29. The number of fused-ring (bicyclic) bond motifs is 1. The number of rotatable bonds is 13. The smallest absolute Gasteiger partial charge is 0.417 e. The van der Waals surface area contributed by atoms with E-state index in [2.05, 4.69) is 5.32 Å². The third-order valence-corrected chi connectivity index (χ3v) is 8.21. The van der Waals surface area contributed by atoms with E-state index in [-0.39, 0.29) is 37.3 Å². The highest BCUT2D eigenvalue weighted by Gasteiger charge is 2.53. The Morgan fingerprint density at radius 2 is 1.55 bits per heavy atom. The average molecular weight is 651 g/mol. The normalized spacial score (nSPS) is 16.6. The predicted molar refractivity (Wildman–Crippen MR) is 170 cm³/mol. The van der Waals surface area contributed by atoms with E-state index in [1.165, 1.54) is 6.07 Å². The van der Waals surface area contributed by atoms with Crippen LogP contribution in [0.15, 0.2) is 75.9 Å². The van der Waals surface area contributed by atoms with Gasteiger partial charge in [0.05, 0.1) is 25.3 Å². The van der Waals surface area contributed by atoms with Gasteiger partial charge in [-0.1, -0.05) is 86.8 Å². The number of carbonyl (C=O) groups is 2. The number of aryl methyl sites for hydroxylation is 3. The van der Waals surface area contributed by atoms with Gasteiger partial charge in [0, 0.05) is 17.0 Å². The number of amides is 3. The highest BCUT2D eigenvalue weighted by molar-refractivity contribution is 6.09. The molecule has 3 aromatic carbocycles. The number of imide groups is 1. The zero-order chi connectivity index (χ0) is 33.8. The summed E-state index contributed by atoms with van der Waals surface area (Å²) in [6, 6.07) is 17.9. The zero-order valence-electron chi connectivity index (χ0n) is 26.5. The molecule has 3 amide bonds. The molecule has 1 fully saturated rings. The minimum absolute atomic E-state index is 0.00533. The van der Waals surface area contributed by atoms with E-state index < -0.39 is 34.8 Å². The molecule has 8 nitrogen and oxygen atoms in total. The second-order valence-electron chi connectivity index (χ2n) is 11.5. The lowest BCUT2D eigenvalue weighted by Crippen LogP contribution is -2.45. The Labute approximate surface area is 270 Å². The van der Waals surface area contributed by atoms with Crippen molar-refractivity contribution in [3.8, 4) is 5.75 Å². The number of urea groups is 1. The van der Waals surface area contributed by atoms with Crippen LogP contribution in [0.1, 0.15) is 60.1 Å². The largest absolute Gasteiger partial charge is 0.490 e. The predicted octanol–water partition coefficient (Wildman–Crippen LogP) is 6.92. The number of hydrogen-bond acceptors (Lipinski definition) is 6. The van der Waals surface area contributed by atoms with Gasteiger partial charge in [-0.3, -0.25) is 9.69 Å². The minimum atomic E-state index is -4.73. The molecule has 1 aliphatic rings. The van der Waals surface area contributed by atoms with E-state index in [9.17, 15) is 27.6 Å². The molecule has 5 rings (SSSR count). The summed E-state index contributed by atoms with van der Waals surface area (Å²) in [5.41, 5.74) is -0.341. The number of hydrogen-bond donors (Lipinski definition) is 1. The van der Waals surface area contributed by atoms with Crippen LogP contribution >= 0.6 is 0 Å². The van der Waals surface area contributed by atoms with Crippen molar-refractivity contribution in [1.29, 1.82) is 0 Å². The maximum Gasteiger partial charge on any atom is 0.417 e. The third-order valence-electron chi connectivity index (χ3n) is 8.21. The molecule has 0 saturated carbocycles. The Hall–Kier alpha value is -4.64. The number of benzene rings is 3. The molecule has 11 heteroatoms. The molecule has 1 atom stereocenters. The van der Waals surface area contributed by atoms with Gasteiger partial charge in [0.25, 0.3) is 5.91 Å². The third kappa shape index (κ3) is 6.76. The van der Waals surface area contributed by atoms with Crippen LogP contribution in [0.4, 0.5) is 18.0 Å². The Morgan fingerprint density at radius 3 is 2.21 bits per heavy atom. The number of carbonyl (C=O) groups excluding carboxylic acids is 2. The molecule has 47 heavy (non-hydrogen) atoms. The summed E-state index contributed by atoms with van der Waals surface area (Å²) in [5.74, 6) is -0.0335. The highest BCUT2D eigenvalue weighted by atomic mass is 19.4. The lowest BCUT2D eigenvalue weighted by atomic mass is 9.82. The van der Waals surface area contributed by atoms with Crippen molar-refractivity contribution in [2.24, 2.45) is 0 Å². The van der Waals surface area contributed by atoms with Crippen LogP contribution in [0.5, 0.6) is 5.75 Å². The van der Waals surface area contributed by atoms with Crippen LogP contribution < -0.4 is 15.7 Å². The maximum atomic E-state index is 13.9. The van der Waals surface area contributed by atoms with Crippen molar-refractivity contribution in [3.05, 3.63) is 111 Å². The molecule has 0 radical (unpaired) electrons. The van der Waals surface area contributed by atoms with Crippen molar-refractivity contribution in [1.82, 2.24) is 10.2 Å². The molecule has 1 aromatic heterocycles. The van der Waals surface area contributed by atoms with Gasteiger partial charge in [0.1, 0.15) is 17.9 Å². The van der Waals surface area contributed by atoms with Crippen LogP contribution in [0, 0.1) is 6.92 Å². The summed E-state index contributed by atoms with van der Waals surface area (Å²) in [6.07, 6.45) is -2.70. The molecule has 1 saturated heterocycles. The van der Waals surface area contributed by atoms with Crippen LogP contribution in [0.3, 0.4) is 0 Å². The van der Waals surface area contributed by atoms with E-state index in [0.717, 1.165) is 10.5 Å². The molecule has 1 unspecified atom stereocenters. The monoisotopic (exact) mass is 650 g/mol. The first-order valence-electron chi connectivity index (χ1n) is 15.7. The van der Waals surface area contributed by atoms with Crippen LogP contribution in [0.25, 0.3) is 11.0 Å². The second-order valence-corrected chi connectivity index (χ2v) is 11.5. The molecular formula is C36H37F3N2O6. The maximum absolute atomic E-state index is 13.9. The SMILES string of the molecule is CCCc1cc2c(C(F)(F)F)cc(=O)oc2c(CCC)c1OCCOCCN1C(=O)NC(c2ccccc2)(c2ccc(C)cc2)C1=O. The molecule has 2 heterocycles. The lowest BCUT2D eigenvalue weighted by molar-refractivity contribution is -0.136. The van der Waals surface area contributed by atoms with Crippen LogP contribution in [0.2, 0.25) is 0 Å². The van der Waals surface area contributed by atoms with Gasteiger partial charge < -0.3 is 19.2 Å². The number of halogens is 3. The Bertz CT molecular complexity index is 1800. The van der Waals surface area contributed by atoms with Crippen molar-refractivity contribution < 1.29 is 36.7 Å². The van der Waals surface area contributed by atoms with Crippen molar-refractivity contribution in [2.75, 3.05) is 26.4 Å². The molecule has 248 valence electrons. The summed E-state index contributed by atoms with van der Waals surface area (Å²) in [4.78, 5) is 40.3. The van der Waals surface area contributed by atoms with E-state index >= 15 is 0 Å². The Balaban J connectivity index is 1.30. The van der Waals surface area contributed by atoms with E-state index in [1.807, 2.05) is 63.2 Å². The molecule has 0 bridgehead atoms. The summed E-state index contributed by atoms with van der Waals surface area (Å²) in [7, 11) is 0. The van der Waals surface area contributed by atoms with E-state index in [0.29, 0.717) is 59.8 Å². The lowest BCUT2D eigenvalue weighted by Gasteiger charge is -2.28. The number of alkyl halides is 3. The molecule has 0 aliphatic carbocycles. The minimum Gasteiger partial charge on any atom is -0.490 e. The fourth-order valence-corrected chi connectivity index (χ4v) is 6.04. The zero-order valence-corrected chi connectivity index (χ0v) is 26.5. The first-order chi connectivity index (χ1) is 22.5. The van der Waals surface area contributed by atoms with Gasteiger partial charge in [0.15, 0.2) is 5.54 Å². The summed E-state index contributed by atoms with van der Waals surface area (Å²) < 4.78 is 58.8. The van der Waals surface area contributed by atoms with Crippen LogP contribution in [-0.2, 0) is 34.1 Å². The Morgan fingerprint density at radius 1 is 0.872 bits per heavy atom. The summed E-state index contributed by atoms with van der Waals surface area (Å²) >= 11 is 0. The first kappa shape index (κ1) is 33.7. The van der Waals surface area contributed by atoms with Gasteiger partial charge in [-0.2, -0.15) is 13.2 Å². The van der Waals surface area contributed by atoms with Gasteiger partial charge in [-0.15, -0.1) is 0 Å². The van der Waals surface area contributed by atoms with Crippen molar-refractivity contribution in [3.63, 3.8) is 0 Å². The van der Waals surface area contributed by atoms with Crippen molar-refractivity contribution >= 4 is 22.9 Å². The Kier molecular flexibility index (Phi) is 10.0. The van der Waals surface area contributed by atoms with Gasteiger partial charge in [-0.25, -0.2) is 9.59 Å². The fourth-order valence-electron chi connectivity index (χ4n) is 6.04. The molecule has 0 spiro atoms. The van der Waals surface area contributed by atoms with E-state index in [4.69, 9.17) is 13.9 Å². The molecular weight excluding hydrogens is 613 g/mol. The summed E-state index contributed by atoms with van der Waals surface area (Å²) in [6.45, 7) is 5.87. The number of nitrogens with one attached hydrogen (secondary N) is 1. The van der Waals surface area contributed by atoms with E-state index in [1.54, 1.807) is 12.1 Å². The van der Waals surface area contributed by atoms with Gasteiger partial charge in [-0.05, 0) is 42.5 Å². The molecule has 1 N–H and O–H groups in total. The van der Waals surface area contributed by atoms with Gasteiger partial charge >= 0.3 is 17.8 Å². The number of ether oxygens (including phenoxy) is 2. The van der Waals surface area contributed by atoms with Crippen LogP contribution in [-0.4, -0.2) is 43.2 Å². The summed E-state index contributed by atoms with van der Waals surface area (Å²) in [5, 5.41) is 2.75. The topological polar surface area (TPSA) is 98.1 Å². The quantitative estimate of drug-likeness (QED) is 0.0959. The van der Waals surface area contributed by atoms with Crippen molar-refractivity contribution in [2.45, 2.75) is 58.2 Å². The highest BCUT2D eigenvalue weighted by Crippen LogP contribution is 2.40. The molecule has 4 aromatic rings. The number of nitrogens with zero attached hydrogens (tertiary/aromatic N) is 1.